The average molecular weight is 328 g/mol. The molecule has 23 heavy (non-hydrogen) atoms. The second-order valence-corrected chi connectivity index (χ2v) is 8.66. The van der Waals surface area contributed by atoms with Crippen molar-refractivity contribution in [1.82, 2.24) is 4.67 Å². The summed E-state index contributed by atoms with van der Waals surface area (Å²) in [5.74, 6) is 0.712. The number of hydrogen-bond acceptors (Lipinski definition) is 2. The number of hydrogen-bond donors (Lipinski definition) is 0. The molecule has 4 nitrogen and oxygen atoms in total. The maximum Gasteiger partial charge on any atom is 0.273 e. The van der Waals surface area contributed by atoms with E-state index >= 15 is 0 Å². The van der Waals surface area contributed by atoms with Gasteiger partial charge in [-0.15, -0.1) is 0 Å². The lowest BCUT2D eigenvalue weighted by molar-refractivity contribution is 0.413. The molecule has 0 aromatic heterocycles. The zero-order valence-electron chi connectivity index (χ0n) is 13.3. The lowest BCUT2D eigenvalue weighted by Crippen LogP contribution is -2.28. The van der Waals surface area contributed by atoms with E-state index in [-0.39, 0.29) is 0 Å². The number of ether oxygens (including phenoxy) is 1. The molecule has 0 spiro atoms. The van der Waals surface area contributed by atoms with Gasteiger partial charge in [-0.1, -0.05) is 30.3 Å². The predicted octanol–water partition coefficient (Wildman–Crippen LogP) is 3.50. The molecule has 120 valence electrons. The first-order valence-electron chi connectivity index (χ1n) is 8.09. The van der Waals surface area contributed by atoms with Crippen molar-refractivity contribution in [2.75, 3.05) is 24.9 Å². The molecule has 5 heteroatoms. The summed E-state index contributed by atoms with van der Waals surface area (Å²) in [6.07, 6.45) is 2.23. The Balaban J connectivity index is 1.88. The minimum Gasteiger partial charge on any atom is -0.496 e. The highest BCUT2D eigenvalue weighted by Gasteiger charge is 2.52. The molecule has 0 radical (unpaired) electrons. The van der Waals surface area contributed by atoms with Crippen molar-refractivity contribution in [1.29, 1.82) is 0 Å². The molecule has 2 aliphatic heterocycles. The van der Waals surface area contributed by atoms with Crippen molar-refractivity contribution in [3.05, 3.63) is 54.6 Å². The topological polar surface area (TPSA) is 32.8 Å². The standard InChI is InChI=1S/C18H21N2O2P/c1-22-17-11-5-6-12-18(17)23(21)19-13-7-10-16(19)14-20(23)15-8-3-2-4-9-15/h2-6,8-9,11-12,16H,7,10,13-14H2,1H3/t16-,23+/m0/s1. The van der Waals surface area contributed by atoms with E-state index in [2.05, 4.69) is 9.34 Å². The van der Waals surface area contributed by atoms with Crippen LogP contribution in [0.25, 0.3) is 0 Å². The maximum absolute atomic E-state index is 14.3. The minimum absolute atomic E-state index is 0.367. The monoisotopic (exact) mass is 328 g/mol. The van der Waals surface area contributed by atoms with Gasteiger partial charge in [-0.25, -0.2) is 4.67 Å². The van der Waals surface area contributed by atoms with Gasteiger partial charge < -0.3 is 9.41 Å². The molecule has 2 fully saturated rings. The summed E-state index contributed by atoms with van der Waals surface area (Å²) in [7, 11) is -1.22. The Kier molecular flexibility index (Phi) is 3.67. The summed E-state index contributed by atoms with van der Waals surface area (Å²) in [6.45, 7) is 1.71. The Hall–Kier alpha value is -1.77. The maximum atomic E-state index is 14.3. The number of benzene rings is 2. The number of methoxy groups -OCH3 is 1. The highest BCUT2D eigenvalue weighted by Crippen LogP contribution is 2.62. The fraction of sp³-hybridized carbons (Fsp3) is 0.333. The van der Waals surface area contributed by atoms with Crippen LogP contribution in [0.2, 0.25) is 0 Å². The molecular weight excluding hydrogens is 307 g/mol. The van der Waals surface area contributed by atoms with Gasteiger partial charge in [0, 0.05) is 24.8 Å². The third kappa shape index (κ3) is 2.20. The lowest BCUT2D eigenvalue weighted by atomic mass is 10.2. The number of para-hydroxylation sites is 2. The summed E-state index contributed by atoms with van der Waals surface area (Å²) in [4.78, 5) is 0. The summed E-state index contributed by atoms with van der Waals surface area (Å²) in [6, 6.07) is 18.2. The third-order valence-corrected chi connectivity index (χ3v) is 8.13. The highest BCUT2D eigenvalue weighted by atomic mass is 31.2. The second-order valence-electron chi connectivity index (χ2n) is 6.09. The van der Waals surface area contributed by atoms with Gasteiger partial charge in [0.05, 0.1) is 12.4 Å². The molecule has 2 aromatic carbocycles. The molecule has 0 bridgehead atoms. The van der Waals surface area contributed by atoms with Crippen LogP contribution in [-0.2, 0) is 4.57 Å². The van der Waals surface area contributed by atoms with Crippen LogP contribution in [0.3, 0.4) is 0 Å². The van der Waals surface area contributed by atoms with Crippen molar-refractivity contribution in [2.45, 2.75) is 18.9 Å². The van der Waals surface area contributed by atoms with E-state index in [1.54, 1.807) is 7.11 Å². The van der Waals surface area contributed by atoms with Gasteiger partial charge in [-0.3, -0.25) is 4.57 Å². The summed E-state index contributed by atoms with van der Waals surface area (Å²) >= 11 is 0. The van der Waals surface area contributed by atoms with E-state index in [1.165, 1.54) is 0 Å². The van der Waals surface area contributed by atoms with E-state index in [4.69, 9.17) is 4.74 Å². The minimum atomic E-state index is -2.87. The fourth-order valence-electron chi connectivity index (χ4n) is 3.81. The lowest BCUT2D eigenvalue weighted by Gasteiger charge is -2.32. The van der Waals surface area contributed by atoms with Crippen LogP contribution in [0.4, 0.5) is 5.69 Å². The first-order chi connectivity index (χ1) is 11.2. The van der Waals surface area contributed by atoms with E-state index in [0.29, 0.717) is 11.8 Å². The van der Waals surface area contributed by atoms with E-state index in [1.807, 2.05) is 54.6 Å². The van der Waals surface area contributed by atoms with Crippen molar-refractivity contribution >= 4 is 18.4 Å². The third-order valence-electron chi connectivity index (χ3n) is 4.86. The molecule has 2 heterocycles. The van der Waals surface area contributed by atoms with Crippen molar-refractivity contribution in [3.63, 3.8) is 0 Å². The first kappa shape index (κ1) is 14.8. The molecular formula is C18H21N2O2P. The molecule has 2 aliphatic rings. The van der Waals surface area contributed by atoms with Crippen molar-refractivity contribution in [3.8, 4) is 5.75 Å². The Morgan fingerprint density at radius 2 is 1.83 bits per heavy atom. The Bertz CT molecular complexity index is 750. The van der Waals surface area contributed by atoms with E-state index in [0.717, 1.165) is 36.9 Å². The van der Waals surface area contributed by atoms with E-state index in [9.17, 15) is 4.57 Å². The van der Waals surface area contributed by atoms with Crippen LogP contribution in [0.5, 0.6) is 5.75 Å². The molecule has 0 aliphatic carbocycles. The van der Waals surface area contributed by atoms with Crippen LogP contribution in [0.15, 0.2) is 54.6 Å². The highest BCUT2D eigenvalue weighted by molar-refractivity contribution is 7.71. The van der Waals surface area contributed by atoms with Gasteiger partial charge in [0.25, 0.3) is 7.44 Å². The number of nitrogens with zero attached hydrogens (tertiary/aromatic N) is 2. The van der Waals surface area contributed by atoms with Gasteiger partial charge in [0.1, 0.15) is 5.75 Å². The Morgan fingerprint density at radius 1 is 1.09 bits per heavy atom. The molecule has 0 N–H and O–H groups in total. The summed E-state index contributed by atoms with van der Waals surface area (Å²) in [5, 5.41) is 0.816. The molecule has 0 unspecified atom stereocenters. The normalized spacial score (nSPS) is 27.2. The first-order valence-corrected chi connectivity index (χ1v) is 9.70. The zero-order valence-corrected chi connectivity index (χ0v) is 14.2. The molecule has 4 rings (SSSR count). The SMILES string of the molecule is COc1ccccc1[P@]1(=O)N(c2ccccc2)C[C@@H]2CCCN21. The van der Waals surface area contributed by atoms with Crippen LogP contribution in [0.1, 0.15) is 12.8 Å². The Labute approximate surface area is 137 Å². The van der Waals surface area contributed by atoms with Gasteiger partial charge in [0.15, 0.2) is 0 Å². The smallest absolute Gasteiger partial charge is 0.273 e. The predicted molar refractivity (Wildman–Crippen MR) is 93.8 cm³/mol. The van der Waals surface area contributed by atoms with E-state index < -0.39 is 7.44 Å². The van der Waals surface area contributed by atoms with Crippen LogP contribution < -0.4 is 14.7 Å². The van der Waals surface area contributed by atoms with Crippen molar-refractivity contribution in [2.24, 2.45) is 0 Å². The molecule has 0 amide bonds. The second kappa shape index (κ2) is 5.70. The molecule has 0 saturated carbocycles. The fourth-order valence-corrected chi connectivity index (χ4v) is 7.26. The average Bonchev–Trinajstić information content (AvgIpc) is 3.18. The molecule has 2 atom stereocenters. The van der Waals surface area contributed by atoms with Gasteiger partial charge in [-0.2, -0.15) is 0 Å². The Morgan fingerprint density at radius 3 is 2.61 bits per heavy atom. The quantitative estimate of drug-likeness (QED) is 0.808. The van der Waals surface area contributed by atoms with Crippen molar-refractivity contribution < 1.29 is 9.30 Å². The number of fused-ring (bicyclic) bond motifs is 1. The number of anilines is 1. The number of rotatable bonds is 3. The van der Waals surface area contributed by atoms with Gasteiger partial charge in [-0.05, 0) is 37.1 Å². The van der Waals surface area contributed by atoms with Crippen LogP contribution >= 0.6 is 7.44 Å². The van der Waals surface area contributed by atoms with Crippen LogP contribution in [0, 0.1) is 0 Å². The largest absolute Gasteiger partial charge is 0.496 e. The molecule has 2 saturated heterocycles. The summed E-state index contributed by atoms with van der Waals surface area (Å²) in [5.41, 5.74) is 1.02. The zero-order chi connectivity index (χ0) is 15.9. The summed E-state index contributed by atoms with van der Waals surface area (Å²) < 4.78 is 24.2. The van der Waals surface area contributed by atoms with Crippen LogP contribution in [-0.4, -0.2) is 30.9 Å². The van der Waals surface area contributed by atoms with Gasteiger partial charge in [0.2, 0.25) is 0 Å². The molecule has 2 aromatic rings. The van der Waals surface area contributed by atoms with Gasteiger partial charge >= 0.3 is 0 Å².